The highest BCUT2D eigenvalue weighted by Gasteiger charge is 2.10. The van der Waals surface area contributed by atoms with Crippen molar-refractivity contribution in [2.75, 3.05) is 6.61 Å². The first-order valence-corrected chi connectivity index (χ1v) is 6.28. The first-order valence-electron chi connectivity index (χ1n) is 4.35. The summed E-state index contributed by atoms with van der Waals surface area (Å²) in [6.07, 6.45) is 0. The van der Waals surface area contributed by atoms with Crippen LogP contribution in [0.2, 0.25) is 0 Å². The van der Waals surface area contributed by atoms with Gasteiger partial charge < -0.3 is 5.11 Å². The number of nitrogens with one attached hydrogen (secondary N) is 1. The molecule has 0 spiro atoms. The lowest BCUT2D eigenvalue weighted by Crippen LogP contribution is -2.29. The predicted octanol–water partition coefficient (Wildman–Crippen LogP) is 0.361. The van der Waals surface area contributed by atoms with Crippen LogP contribution in [0.3, 0.4) is 0 Å². The summed E-state index contributed by atoms with van der Waals surface area (Å²) in [5, 5.41) is 11.2. The Hall–Kier alpha value is -0.630. The molecule has 1 heterocycles. The number of amides is 1. The number of aromatic nitrogens is 1. The molecule has 0 fully saturated rings. The minimum absolute atomic E-state index is 0.144. The van der Waals surface area contributed by atoms with Gasteiger partial charge in [-0.2, -0.15) is 11.8 Å². The number of carbonyl (C=O) groups excluding carboxylic acids is 1. The Morgan fingerprint density at radius 2 is 2.60 bits per heavy atom. The molecule has 7 heteroatoms. The quantitative estimate of drug-likeness (QED) is 0.397. The number of carbonyl (C=O) groups is 1. The van der Waals surface area contributed by atoms with E-state index < -0.39 is 0 Å². The van der Waals surface area contributed by atoms with E-state index in [1.807, 2.05) is 17.7 Å². The second-order valence-electron chi connectivity index (χ2n) is 2.92. The normalized spacial score (nSPS) is 12.5. The van der Waals surface area contributed by atoms with Crippen molar-refractivity contribution in [1.82, 2.24) is 10.4 Å². The fourth-order valence-electron chi connectivity index (χ4n) is 0.820. The molecule has 4 N–H and O–H groups in total. The zero-order valence-electron chi connectivity index (χ0n) is 8.27. The molecule has 5 nitrogen and oxygen atoms in total. The summed E-state index contributed by atoms with van der Waals surface area (Å²) in [7, 11) is 0. The van der Waals surface area contributed by atoms with Crippen molar-refractivity contribution in [2.45, 2.75) is 17.9 Å². The molecular formula is C8H13N3O2S2. The molecule has 0 aliphatic heterocycles. The first kappa shape index (κ1) is 12.4. The molecule has 0 saturated carbocycles. The Morgan fingerprint density at radius 1 is 1.87 bits per heavy atom. The molecule has 1 aromatic heterocycles. The van der Waals surface area contributed by atoms with E-state index in [0.717, 1.165) is 5.69 Å². The lowest BCUT2D eigenvalue weighted by atomic mass is 10.5. The average molecular weight is 247 g/mol. The SMILES string of the molecule is CC(CO)SCc1csc(C(=O)NN)n1. The van der Waals surface area contributed by atoms with E-state index in [1.54, 1.807) is 11.8 Å². The van der Waals surface area contributed by atoms with Crippen LogP contribution < -0.4 is 11.3 Å². The second kappa shape index (κ2) is 6.06. The summed E-state index contributed by atoms with van der Waals surface area (Å²) < 4.78 is 0. The van der Waals surface area contributed by atoms with Gasteiger partial charge in [0.25, 0.3) is 5.91 Å². The highest BCUT2D eigenvalue weighted by atomic mass is 32.2. The van der Waals surface area contributed by atoms with Crippen LogP contribution in [0.4, 0.5) is 0 Å². The van der Waals surface area contributed by atoms with Gasteiger partial charge >= 0.3 is 0 Å². The highest BCUT2D eigenvalue weighted by Crippen LogP contribution is 2.19. The predicted molar refractivity (Wildman–Crippen MR) is 61.6 cm³/mol. The molecule has 0 radical (unpaired) electrons. The summed E-state index contributed by atoms with van der Waals surface area (Å²) in [4.78, 5) is 15.2. The minimum Gasteiger partial charge on any atom is -0.395 e. The van der Waals surface area contributed by atoms with Crippen LogP contribution in [0, 0.1) is 0 Å². The van der Waals surface area contributed by atoms with Crippen molar-refractivity contribution < 1.29 is 9.90 Å². The summed E-state index contributed by atoms with van der Waals surface area (Å²) in [6, 6.07) is 0. The average Bonchev–Trinajstić information content (AvgIpc) is 2.73. The van der Waals surface area contributed by atoms with Crippen molar-refractivity contribution >= 4 is 29.0 Å². The van der Waals surface area contributed by atoms with Gasteiger partial charge in [-0.15, -0.1) is 11.3 Å². The van der Waals surface area contributed by atoms with Crippen LogP contribution >= 0.6 is 23.1 Å². The molecular weight excluding hydrogens is 234 g/mol. The van der Waals surface area contributed by atoms with E-state index in [2.05, 4.69) is 4.98 Å². The van der Waals surface area contributed by atoms with Gasteiger partial charge in [0.15, 0.2) is 5.01 Å². The smallest absolute Gasteiger partial charge is 0.294 e. The molecule has 1 amide bonds. The number of aliphatic hydroxyl groups is 1. The number of hydrogen-bond donors (Lipinski definition) is 3. The van der Waals surface area contributed by atoms with Gasteiger partial charge in [0.1, 0.15) is 0 Å². The monoisotopic (exact) mass is 247 g/mol. The number of aliphatic hydroxyl groups excluding tert-OH is 1. The van der Waals surface area contributed by atoms with Crippen LogP contribution in [-0.2, 0) is 5.75 Å². The van der Waals surface area contributed by atoms with Crippen molar-refractivity contribution in [2.24, 2.45) is 5.84 Å². The zero-order valence-corrected chi connectivity index (χ0v) is 9.90. The Bertz CT molecular complexity index is 329. The summed E-state index contributed by atoms with van der Waals surface area (Å²) in [6.45, 7) is 2.08. The summed E-state index contributed by atoms with van der Waals surface area (Å²) in [5.74, 6) is 5.31. The second-order valence-corrected chi connectivity index (χ2v) is 5.21. The number of thioether (sulfide) groups is 1. The third-order valence-corrected chi connectivity index (χ3v) is 3.72. The fourth-order valence-corrected chi connectivity index (χ4v) is 2.35. The maximum atomic E-state index is 11.1. The van der Waals surface area contributed by atoms with Crippen LogP contribution in [0.1, 0.15) is 22.4 Å². The molecule has 1 atom stereocenters. The molecule has 0 saturated heterocycles. The lowest BCUT2D eigenvalue weighted by molar-refractivity contribution is 0.0953. The number of nitrogens with zero attached hydrogens (tertiary/aromatic N) is 1. The standard InChI is InChI=1S/C8H13N3O2S2/c1-5(2-12)14-3-6-4-15-8(10-6)7(13)11-9/h4-5,12H,2-3,9H2,1H3,(H,11,13). The summed E-state index contributed by atoms with van der Waals surface area (Å²) in [5.41, 5.74) is 2.87. The Labute approximate surface area is 96.1 Å². The first-order chi connectivity index (χ1) is 7.17. The van der Waals surface area contributed by atoms with Crippen molar-refractivity contribution in [3.05, 3.63) is 16.1 Å². The van der Waals surface area contributed by atoms with Gasteiger partial charge in [0.05, 0.1) is 12.3 Å². The van der Waals surface area contributed by atoms with Gasteiger partial charge in [-0.05, 0) is 0 Å². The number of rotatable bonds is 5. The molecule has 0 aliphatic carbocycles. The van der Waals surface area contributed by atoms with E-state index in [1.165, 1.54) is 11.3 Å². The number of nitrogens with two attached hydrogens (primary N) is 1. The van der Waals surface area contributed by atoms with Crippen LogP contribution in [-0.4, -0.2) is 27.9 Å². The molecule has 1 rings (SSSR count). The van der Waals surface area contributed by atoms with Gasteiger partial charge in [-0.3, -0.25) is 10.2 Å². The third-order valence-electron chi connectivity index (χ3n) is 1.65. The highest BCUT2D eigenvalue weighted by molar-refractivity contribution is 7.99. The maximum absolute atomic E-state index is 11.1. The maximum Gasteiger partial charge on any atom is 0.294 e. The van der Waals surface area contributed by atoms with Crippen LogP contribution in [0.5, 0.6) is 0 Å². The lowest BCUT2D eigenvalue weighted by Gasteiger charge is -2.04. The van der Waals surface area contributed by atoms with Crippen LogP contribution in [0.15, 0.2) is 5.38 Å². The topological polar surface area (TPSA) is 88.2 Å². The zero-order chi connectivity index (χ0) is 11.3. The van der Waals surface area contributed by atoms with E-state index in [0.29, 0.717) is 10.8 Å². The number of nitrogen functional groups attached to an aromatic ring is 1. The molecule has 84 valence electrons. The molecule has 0 aliphatic rings. The van der Waals surface area contributed by atoms with Gasteiger partial charge in [0.2, 0.25) is 0 Å². The van der Waals surface area contributed by atoms with Gasteiger partial charge in [-0.1, -0.05) is 6.92 Å². The summed E-state index contributed by atoms with van der Waals surface area (Å²) >= 11 is 2.86. The van der Waals surface area contributed by atoms with Crippen molar-refractivity contribution in [1.29, 1.82) is 0 Å². The molecule has 1 aromatic rings. The molecule has 1 unspecified atom stereocenters. The van der Waals surface area contributed by atoms with Gasteiger partial charge in [0, 0.05) is 16.4 Å². The number of hydrazine groups is 1. The minimum atomic E-state index is -0.369. The van der Waals surface area contributed by atoms with E-state index >= 15 is 0 Å². The fraction of sp³-hybridized carbons (Fsp3) is 0.500. The third kappa shape index (κ3) is 3.78. The molecule has 15 heavy (non-hydrogen) atoms. The Kier molecular flexibility index (Phi) is 5.03. The Balaban J connectivity index is 2.49. The largest absolute Gasteiger partial charge is 0.395 e. The van der Waals surface area contributed by atoms with Crippen molar-refractivity contribution in [3.63, 3.8) is 0 Å². The van der Waals surface area contributed by atoms with Crippen molar-refractivity contribution in [3.8, 4) is 0 Å². The van der Waals surface area contributed by atoms with E-state index in [-0.39, 0.29) is 17.8 Å². The van der Waals surface area contributed by atoms with Crippen LogP contribution in [0.25, 0.3) is 0 Å². The molecule has 0 bridgehead atoms. The van der Waals surface area contributed by atoms with Gasteiger partial charge in [-0.25, -0.2) is 10.8 Å². The van der Waals surface area contributed by atoms with E-state index in [4.69, 9.17) is 10.9 Å². The number of hydrogen-bond acceptors (Lipinski definition) is 6. The van der Waals surface area contributed by atoms with E-state index in [9.17, 15) is 4.79 Å². The number of thiazole rings is 1. The Morgan fingerprint density at radius 3 is 3.20 bits per heavy atom. The molecule has 0 aromatic carbocycles.